The average Bonchev–Trinajstić information content (AvgIpc) is 3.19. The lowest BCUT2D eigenvalue weighted by molar-refractivity contribution is -0.121. The monoisotopic (exact) mass is 371 g/mol. The van der Waals surface area contributed by atoms with Gasteiger partial charge in [-0.25, -0.2) is 0 Å². The van der Waals surface area contributed by atoms with E-state index in [4.69, 9.17) is 0 Å². The SMILES string of the molecule is CN1CCN([C@H](CNC(=O)CCCc2ccccc2)c2cccs2)CC1. The second-order valence-electron chi connectivity index (χ2n) is 7.01. The molecule has 1 aliphatic heterocycles. The number of piperazine rings is 1. The number of thiophene rings is 1. The molecule has 0 unspecified atom stereocenters. The van der Waals surface area contributed by atoms with Crippen molar-refractivity contribution in [1.29, 1.82) is 0 Å². The Balaban J connectivity index is 1.47. The van der Waals surface area contributed by atoms with E-state index in [2.05, 4.69) is 63.9 Å². The number of rotatable bonds is 8. The Labute approximate surface area is 160 Å². The van der Waals surface area contributed by atoms with Crippen LogP contribution in [0.25, 0.3) is 0 Å². The number of amides is 1. The molecule has 1 fully saturated rings. The van der Waals surface area contributed by atoms with Crippen molar-refractivity contribution in [3.05, 3.63) is 58.3 Å². The number of carbonyl (C=O) groups is 1. The zero-order chi connectivity index (χ0) is 18.2. The first-order valence-corrected chi connectivity index (χ1v) is 10.4. The van der Waals surface area contributed by atoms with Crippen molar-refractivity contribution in [2.24, 2.45) is 0 Å². The maximum Gasteiger partial charge on any atom is 0.220 e. The average molecular weight is 372 g/mol. The number of nitrogens with zero attached hydrogens (tertiary/aromatic N) is 2. The fourth-order valence-electron chi connectivity index (χ4n) is 3.42. The van der Waals surface area contributed by atoms with Crippen LogP contribution in [0, 0.1) is 0 Å². The van der Waals surface area contributed by atoms with Crippen molar-refractivity contribution < 1.29 is 4.79 Å². The van der Waals surface area contributed by atoms with Gasteiger partial charge in [-0.05, 0) is 36.9 Å². The third kappa shape index (κ3) is 5.66. The van der Waals surface area contributed by atoms with Gasteiger partial charge in [-0.1, -0.05) is 36.4 Å². The van der Waals surface area contributed by atoms with E-state index in [1.54, 1.807) is 11.3 Å². The van der Waals surface area contributed by atoms with E-state index in [9.17, 15) is 4.79 Å². The summed E-state index contributed by atoms with van der Waals surface area (Å²) in [4.78, 5) is 18.5. The second kappa shape index (κ2) is 9.86. The molecule has 1 saturated heterocycles. The van der Waals surface area contributed by atoms with Crippen molar-refractivity contribution in [2.75, 3.05) is 39.8 Å². The topological polar surface area (TPSA) is 35.6 Å². The molecule has 2 heterocycles. The molecule has 1 aliphatic rings. The van der Waals surface area contributed by atoms with E-state index in [-0.39, 0.29) is 5.91 Å². The number of aryl methyl sites for hydroxylation is 1. The van der Waals surface area contributed by atoms with Gasteiger partial charge < -0.3 is 10.2 Å². The smallest absolute Gasteiger partial charge is 0.220 e. The summed E-state index contributed by atoms with van der Waals surface area (Å²) in [5.74, 6) is 0.164. The Morgan fingerprint density at radius 1 is 1.12 bits per heavy atom. The fourth-order valence-corrected chi connectivity index (χ4v) is 4.28. The van der Waals surface area contributed by atoms with Gasteiger partial charge in [0.2, 0.25) is 5.91 Å². The summed E-state index contributed by atoms with van der Waals surface area (Å²) in [5.41, 5.74) is 1.30. The van der Waals surface area contributed by atoms with Gasteiger partial charge in [-0.3, -0.25) is 9.69 Å². The third-order valence-electron chi connectivity index (χ3n) is 5.05. The maximum absolute atomic E-state index is 12.3. The minimum Gasteiger partial charge on any atom is -0.354 e. The van der Waals surface area contributed by atoms with E-state index in [1.807, 2.05) is 6.07 Å². The van der Waals surface area contributed by atoms with Gasteiger partial charge in [0.15, 0.2) is 0 Å². The van der Waals surface area contributed by atoms with Crippen LogP contribution in [0.5, 0.6) is 0 Å². The van der Waals surface area contributed by atoms with E-state index in [0.717, 1.165) is 39.0 Å². The zero-order valence-corrected chi connectivity index (χ0v) is 16.4. The van der Waals surface area contributed by atoms with Gasteiger partial charge in [-0.15, -0.1) is 11.3 Å². The number of carbonyl (C=O) groups excluding carboxylic acids is 1. The summed E-state index contributed by atoms with van der Waals surface area (Å²) in [6, 6.07) is 15.0. The Hall–Kier alpha value is -1.69. The van der Waals surface area contributed by atoms with E-state index >= 15 is 0 Å². The summed E-state index contributed by atoms with van der Waals surface area (Å²) in [6.07, 6.45) is 2.45. The van der Waals surface area contributed by atoms with Crippen LogP contribution in [-0.2, 0) is 11.2 Å². The molecule has 0 spiro atoms. The van der Waals surface area contributed by atoms with Gasteiger partial charge in [-0.2, -0.15) is 0 Å². The minimum absolute atomic E-state index is 0.164. The van der Waals surface area contributed by atoms with Crippen LogP contribution in [0.2, 0.25) is 0 Å². The molecule has 2 aromatic rings. The minimum atomic E-state index is 0.164. The molecule has 1 amide bonds. The van der Waals surface area contributed by atoms with Crippen molar-refractivity contribution in [2.45, 2.75) is 25.3 Å². The molecular formula is C21H29N3OS. The number of likely N-dealkylation sites (N-methyl/N-ethyl adjacent to an activating group) is 1. The molecule has 1 aromatic carbocycles. The van der Waals surface area contributed by atoms with Crippen LogP contribution in [0.4, 0.5) is 0 Å². The highest BCUT2D eigenvalue weighted by molar-refractivity contribution is 7.10. The fraction of sp³-hybridized carbons (Fsp3) is 0.476. The quantitative estimate of drug-likeness (QED) is 0.774. The lowest BCUT2D eigenvalue weighted by Crippen LogP contribution is -2.48. The number of benzene rings is 1. The van der Waals surface area contributed by atoms with Crippen LogP contribution < -0.4 is 5.32 Å². The molecular weight excluding hydrogens is 342 g/mol. The van der Waals surface area contributed by atoms with Gasteiger partial charge in [0, 0.05) is 44.0 Å². The molecule has 1 N–H and O–H groups in total. The molecule has 140 valence electrons. The lowest BCUT2D eigenvalue weighted by Gasteiger charge is -2.37. The molecule has 0 bridgehead atoms. The summed E-state index contributed by atoms with van der Waals surface area (Å²) < 4.78 is 0. The molecule has 0 saturated carbocycles. The van der Waals surface area contributed by atoms with E-state index < -0.39 is 0 Å². The van der Waals surface area contributed by atoms with Crippen LogP contribution in [-0.4, -0.2) is 55.5 Å². The Morgan fingerprint density at radius 2 is 1.88 bits per heavy atom. The van der Waals surface area contributed by atoms with Gasteiger partial charge in [0.1, 0.15) is 0 Å². The van der Waals surface area contributed by atoms with Crippen LogP contribution in [0.3, 0.4) is 0 Å². The number of hydrogen-bond donors (Lipinski definition) is 1. The van der Waals surface area contributed by atoms with Crippen LogP contribution in [0.15, 0.2) is 47.8 Å². The first-order chi connectivity index (χ1) is 12.7. The van der Waals surface area contributed by atoms with Crippen molar-refractivity contribution in [3.8, 4) is 0 Å². The molecule has 0 radical (unpaired) electrons. The van der Waals surface area contributed by atoms with Gasteiger partial charge in [0.05, 0.1) is 6.04 Å². The lowest BCUT2D eigenvalue weighted by atomic mass is 10.1. The molecule has 0 aliphatic carbocycles. The molecule has 1 aromatic heterocycles. The Morgan fingerprint density at radius 3 is 2.58 bits per heavy atom. The molecule has 3 rings (SSSR count). The van der Waals surface area contributed by atoms with Crippen LogP contribution in [0.1, 0.15) is 29.3 Å². The zero-order valence-electron chi connectivity index (χ0n) is 15.6. The second-order valence-corrected chi connectivity index (χ2v) is 7.99. The first kappa shape index (κ1) is 19.1. The van der Waals surface area contributed by atoms with Gasteiger partial charge in [0.25, 0.3) is 0 Å². The Bertz CT molecular complexity index is 651. The number of nitrogens with one attached hydrogen (secondary N) is 1. The van der Waals surface area contributed by atoms with Crippen LogP contribution >= 0.6 is 11.3 Å². The normalized spacial score (nSPS) is 17.1. The highest BCUT2D eigenvalue weighted by atomic mass is 32.1. The highest BCUT2D eigenvalue weighted by Crippen LogP contribution is 2.25. The van der Waals surface area contributed by atoms with Gasteiger partial charge >= 0.3 is 0 Å². The molecule has 26 heavy (non-hydrogen) atoms. The summed E-state index contributed by atoms with van der Waals surface area (Å²) in [7, 11) is 2.17. The molecule has 1 atom stereocenters. The van der Waals surface area contributed by atoms with E-state index in [1.165, 1.54) is 10.4 Å². The highest BCUT2D eigenvalue weighted by Gasteiger charge is 2.24. The molecule has 4 nitrogen and oxygen atoms in total. The molecule has 5 heteroatoms. The van der Waals surface area contributed by atoms with Crippen molar-refractivity contribution in [1.82, 2.24) is 15.1 Å². The number of hydrogen-bond acceptors (Lipinski definition) is 4. The predicted octanol–water partition coefficient (Wildman–Crippen LogP) is 3.18. The maximum atomic E-state index is 12.3. The summed E-state index contributed by atoms with van der Waals surface area (Å²) in [5, 5.41) is 5.30. The summed E-state index contributed by atoms with van der Waals surface area (Å²) in [6.45, 7) is 5.00. The largest absolute Gasteiger partial charge is 0.354 e. The summed E-state index contributed by atoms with van der Waals surface area (Å²) >= 11 is 1.79. The van der Waals surface area contributed by atoms with E-state index in [0.29, 0.717) is 19.0 Å². The van der Waals surface area contributed by atoms with Crippen molar-refractivity contribution >= 4 is 17.2 Å². The first-order valence-electron chi connectivity index (χ1n) is 9.49. The van der Waals surface area contributed by atoms with Crippen molar-refractivity contribution in [3.63, 3.8) is 0 Å². The Kier molecular flexibility index (Phi) is 7.23. The standard InChI is InChI=1S/C21H29N3OS/c1-23-12-14-24(15-13-23)19(20-10-6-16-26-20)17-22-21(25)11-5-9-18-7-3-2-4-8-18/h2-4,6-8,10,16,19H,5,9,11-15,17H2,1H3,(H,22,25)/t19-/m1/s1. The third-order valence-corrected chi connectivity index (χ3v) is 6.03. The predicted molar refractivity (Wildman–Crippen MR) is 109 cm³/mol.